The van der Waals surface area contributed by atoms with E-state index in [1.807, 2.05) is 25.2 Å². The van der Waals surface area contributed by atoms with E-state index in [0.29, 0.717) is 25.1 Å². The van der Waals surface area contributed by atoms with Gasteiger partial charge in [-0.3, -0.25) is 4.79 Å². The number of carbonyl (C=O) groups excluding carboxylic acids is 1. The molecule has 0 spiro atoms. The summed E-state index contributed by atoms with van der Waals surface area (Å²) in [6.07, 6.45) is 0.510. The van der Waals surface area contributed by atoms with Crippen molar-refractivity contribution in [2.24, 2.45) is 0 Å². The van der Waals surface area contributed by atoms with Gasteiger partial charge in [0.05, 0.1) is 7.05 Å². The van der Waals surface area contributed by atoms with E-state index in [1.54, 1.807) is 18.2 Å². The highest BCUT2D eigenvalue weighted by atomic mass is 19.1. The molecule has 0 bridgehead atoms. The minimum Gasteiger partial charge on any atom is -0.351 e. The summed E-state index contributed by atoms with van der Waals surface area (Å²) in [4.78, 5) is 13.0. The number of rotatable bonds is 7. The minimum atomic E-state index is -0.219. The summed E-state index contributed by atoms with van der Waals surface area (Å²) in [6, 6.07) is 16.7. The topological polar surface area (TPSA) is 33.5 Å². The fourth-order valence-corrected chi connectivity index (χ4v) is 2.38. The van der Waals surface area contributed by atoms with Crippen LogP contribution < -0.4 is 10.2 Å². The van der Waals surface area contributed by atoms with Crippen molar-refractivity contribution in [3.63, 3.8) is 0 Å². The van der Waals surface area contributed by atoms with Crippen LogP contribution in [0.4, 0.5) is 4.39 Å². The number of halogens is 1. The SMILES string of the molecule is C[NH+](CC(=O)NCCc1ccccc1F)Cc1ccccc1. The molecule has 2 rings (SSSR count). The zero-order valence-electron chi connectivity index (χ0n) is 12.8. The van der Waals surface area contributed by atoms with Crippen LogP contribution >= 0.6 is 0 Å². The summed E-state index contributed by atoms with van der Waals surface area (Å²) < 4.78 is 13.4. The van der Waals surface area contributed by atoms with Crippen LogP contribution in [0.5, 0.6) is 0 Å². The first-order chi connectivity index (χ1) is 10.6. The van der Waals surface area contributed by atoms with Gasteiger partial charge in [-0.1, -0.05) is 48.5 Å². The average Bonchev–Trinajstić information content (AvgIpc) is 2.50. The van der Waals surface area contributed by atoms with Crippen LogP contribution in [0.1, 0.15) is 11.1 Å². The number of hydrogen-bond acceptors (Lipinski definition) is 1. The standard InChI is InChI=1S/C18H21FN2O/c1-21(13-15-7-3-2-4-8-15)14-18(22)20-12-11-16-9-5-6-10-17(16)19/h2-10H,11-14H2,1H3,(H,20,22)/p+1. The molecule has 0 aliphatic heterocycles. The van der Waals surface area contributed by atoms with E-state index in [2.05, 4.69) is 17.4 Å². The second-order valence-electron chi connectivity index (χ2n) is 5.49. The summed E-state index contributed by atoms with van der Waals surface area (Å²) in [5.41, 5.74) is 1.84. The van der Waals surface area contributed by atoms with Gasteiger partial charge in [0.15, 0.2) is 6.54 Å². The number of likely N-dealkylation sites (N-methyl/N-ethyl adjacent to an activating group) is 1. The van der Waals surface area contributed by atoms with Crippen LogP contribution in [0, 0.1) is 5.82 Å². The lowest BCUT2D eigenvalue weighted by Gasteiger charge is -2.14. The van der Waals surface area contributed by atoms with E-state index in [1.165, 1.54) is 11.6 Å². The van der Waals surface area contributed by atoms with Crippen molar-refractivity contribution in [3.8, 4) is 0 Å². The molecule has 2 aromatic rings. The molecule has 0 aromatic heterocycles. The van der Waals surface area contributed by atoms with Crippen molar-refractivity contribution in [2.75, 3.05) is 20.1 Å². The number of benzene rings is 2. The maximum Gasteiger partial charge on any atom is 0.275 e. The Labute approximate surface area is 130 Å². The van der Waals surface area contributed by atoms with Crippen LogP contribution in [0.2, 0.25) is 0 Å². The summed E-state index contributed by atoms with van der Waals surface area (Å²) >= 11 is 0. The molecule has 0 radical (unpaired) electrons. The number of carbonyl (C=O) groups is 1. The number of hydrogen-bond donors (Lipinski definition) is 2. The highest BCUT2D eigenvalue weighted by molar-refractivity contribution is 5.76. The second-order valence-corrected chi connectivity index (χ2v) is 5.49. The van der Waals surface area contributed by atoms with Crippen molar-refractivity contribution in [3.05, 3.63) is 71.5 Å². The number of quaternary nitrogens is 1. The van der Waals surface area contributed by atoms with Crippen LogP contribution in [0.15, 0.2) is 54.6 Å². The Morgan fingerprint density at radius 3 is 2.50 bits per heavy atom. The van der Waals surface area contributed by atoms with E-state index in [-0.39, 0.29) is 11.7 Å². The molecule has 0 heterocycles. The lowest BCUT2D eigenvalue weighted by atomic mass is 10.1. The third-order valence-electron chi connectivity index (χ3n) is 3.49. The zero-order valence-corrected chi connectivity index (χ0v) is 12.8. The maximum atomic E-state index is 13.4. The second kappa shape index (κ2) is 8.29. The molecule has 22 heavy (non-hydrogen) atoms. The van der Waals surface area contributed by atoms with Gasteiger partial charge in [-0.05, 0) is 18.1 Å². The Morgan fingerprint density at radius 2 is 1.77 bits per heavy atom. The third kappa shape index (κ3) is 5.30. The van der Waals surface area contributed by atoms with Gasteiger partial charge in [0.1, 0.15) is 12.4 Å². The van der Waals surface area contributed by atoms with Crippen molar-refractivity contribution >= 4 is 5.91 Å². The van der Waals surface area contributed by atoms with Gasteiger partial charge in [-0.15, -0.1) is 0 Å². The summed E-state index contributed by atoms with van der Waals surface area (Å²) in [7, 11) is 1.99. The van der Waals surface area contributed by atoms with Crippen LogP contribution in [-0.2, 0) is 17.8 Å². The molecular formula is C18H22FN2O+. The molecule has 1 amide bonds. The van der Waals surface area contributed by atoms with Crippen LogP contribution in [0.25, 0.3) is 0 Å². The van der Waals surface area contributed by atoms with Gasteiger partial charge < -0.3 is 10.2 Å². The highest BCUT2D eigenvalue weighted by Crippen LogP contribution is 2.05. The molecule has 4 heteroatoms. The quantitative estimate of drug-likeness (QED) is 0.792. The van der Waals surface area contributed by atoms with E-state index in [9.17, 15) is 9.18 Å². The zero-order chi connectivity index (χ0) is 15.8. The molecule has 1 unspecified atom stereocenters. The predicted octanol–water partition coefficient (Wildman–Crippen LogP) is 1.20. The highest BCUT2D eigenvalue weighted by Gasteiger charge is 2.10. The van der Waals surface area contributed by atoms with E-state index >= 15 is 0 Å². The molecule has 116 valence electrons. The fraction of sp³-hybridized carbons (Fsp3) is 0.278. The summed E-state index contributed by atoms with van der Waals surface area (Å²) in [5, 5.41) is 2.85. The van der Waals surface area contributed by atoms with E-state index in [0.717, 1.165) is 11.4 Å². The van der Waals surface area contributed by atoms with Crippen molar-refractivity contribution in [2.45, 2.75) is 13.0 Å². The van der Waals surface area contributed by atoms with Crippen molar-refractivity contribution in [1.29, 1.82) is 0 Å². The van der Waals surface area contributed by atoms with Crippen LogP contribution in [-0.4, -0.2) is 26.0 Å². The van der Waals surface area contributed by atoms with Gasteiger partial charge in [0, 0.05) is 12.1 Å². The lowest BCUT2D eigenvalue weighted by molar-refractivity contribution is -0.885. The van der Waals surface area contributed by atoms with Gasteiger partial charge in [-0.25, -0.2) is 4.39 Å². The number of nitrogens with one attached hydrogen (secondary N) is 2. The fourth-order valence-electron chi connectivity index (χ4n) is 2.38. The molecular weight excluding hydrogens is 279 g/mol. The Balaban J connectivity index is 1.70. The maximum absolute atomic E-state index is 13.4. The summed E-state index contributed by atoms with van der Waals surface area (Å²) in [6.45, 7) is 1.67. The Bertz CT molecular complexity index is 601. The lowest BCUT2D eigenvalue weighted by Crippen LogP contribution is -3.08. The molecule has 2 N–H and O–H groups in total. The molecule has 0 aliphatic rings. The molecule has 1 atom stereocenters. The van der Waals surface area contributed by atoms with Gasteiger partial charge >= 0.3 is 0 Å². The number of amides is 1. The Morgan fingerprint density at radius 1 is 1.09 bits per heavy atom. The Hall–Kier alpha value is -2.20. The van der Waals surface area contributed by atoms with Crippen LogP contribution in [0.3, 0.4) is 0 Å². The average molecular weight is 301 g/mol. The molecule has 0 aliphatic carbocycles. The molecule has 0 saturated heterocycles. The van der Waals surface area contributed by atoms with Gasteiger partial charge in [0.25, 0.3) is 5.91 Å². The molecule has 0 saturated carbocycles. The predicted molar refractivity (Wildman–Crippen MR) is 85.0 cm³/mol. The molecule has 3 nitrogen and oxygen atoms in total. The normalized spacial score (nSPS) is 11.9. The van der Waals surface area contributed by atoms with Gasteiger partial charge in [0.2, 0.25) is 0 Å². The summed E-state index contributed by atoms with van der Waals surface area (Å²) in [5.74, 6) is -0.228. The smallest absolute Gasteiger partial charge is 0.275 e. The van der Waals surface area contributed by atoms with Crippen molar-refractivity contribution in [1.82, 2.24) is 5.32 Å². The first kappa shape index (κ1) is 16.2. The Kier molecular flexibility index (Phi) is 6.10. The first-order valence-electron chi connectivity index (χ1n) is 7.50. The monoisotopic (exact) mass is 301 g/mol. The molecule has 0 fully saturated rings. The minimum absolute atomic E-state index is 0.00947. The third-order valence-corrected chi connectivity index (χ3v) is 3.49. The van der Waals surface area contributed by atoms with E-state index < -0.39 is 0 Å². The van der Waals surface area contributed by atoms with E-state index in [4.69, 9.17) is 0 Å². The largest absolute Gasteiger partial charge is 0.351 e. The van der Waals surface area contributed by atoms with Gasteiger partial charge in [-0.2, -0.15) is 0 Å². The molecule has 2 aromatic carbocycles. The first-order valence-corrected chi connectivity index (χ1v) is 7.50. The van der Waals surface area contributed by atoms with Crippen molar-refractivity contribution < 1.29 is 14.1 Å².